The Balaban J connectivity index is 2.01. The lowest BCUT2D eigenvalue weighted by atomic mass is 9.64. The predicted octanol–water partition coefficient (Wildman–Crippen LogP) is 0.191. The van der Waals surface area contributed by atoms with Gasteiger partial charge in [-0.15, -0.1) is 0 Å². The second kappa shape index (κ2) is 4.02. The quantitative estimate of drug-likeness (QED) is 0.777. The summed E-state index contributed by atoms with van der Waals surface area (Å²) in [6, 6.07) is 0. The standard InChI is InChI=1S/C14H25N3O/c1-11(2)6-13-7-16-4-5-17(8-13)10-14(9-16,15-3)12(13)18/h11,15H,4-10H2,1-3H3. The maximum Gasteiger partial charge on any atom is 0.164 e. The van der Waals surface area contributed by atoms with Crippen molar-refractivity contribution in [2.45, 2.75) is 25.8 Å². The molecule has 2 atom stereocenters. The van der Waals surface area contributed by atoms with Crippen LogP contribution in [0.4, 0.5) is 0 Å². The van der Waals surface area contributed by atoms with Crippen LogP contribution in [0.1, 0.15) is 20.3 Å². The zero-order chi connectivity index (χ0) is 13.0. The Morgan fingerprint density at radius 2 is 1.72 bits per heavy atom. The van der Waals surface area contributed by atoms with Crippen LogP contribution >= 0.6 is 0 Å². The number of carbonyl (C=O) groups excluding carboxylic acids is 1. The molecule has 4 bridgehead atoms. The lowest BCUT2D eigenvalue weighted by Crippen LogP contribution is -2.75. The first-order valence-corrected chi connectivity index (χ1v) is 7.18. The van der Waals surface area contributed by atoms with E-state index in [4.69, 9.17) is 0 Å². The molecule has 2 unspecified atom stereocenters. The number of piperidine rings is 2. The maximum absolute atomic E-state index is 13.0. The van der Waals surface area contributed by atoms with Gasteiger partial charge in [-0.2, -0.15) is 0 Å². The van der Waals surface area contributed by atoms with Crippen LogP contribution in [0.2, 0.25) is 0 Å². The molecule has 4 rings (SSSR count). The van der Waals surface area contributed by atoms with Crippen molar-refractivity contribution in [1.82, 2.24) is 15.1 Å². The van der Waals surface area contributed by atoms with Gasteiger partial charge < -0.3 is 5.32 Å². The molecule has 0 radical (unpaired) electrons. The second-order valence-electron chi connectivity index (χ2n) is 6.96. The molecule has 4 aliphatic rings. The Morgan fingerprint density at radius 3 is 2.17 bits per heavy atom. The smallest absolute Gasteiger partial charge is 0.164 e. The minimum absolute atomic E-state index is 0.121. The van der Waals surface area contributed by atoms with Gasteiger partial charge in [0, 0.05) is 39.3 Å². The van der Waals surface area contributed by atoms with E-state index in [9.17, 15) is 4.79 Å². The summed E-state index contributed by atoms with van der Waals surface area (Å²) in [5.74, 6) is 1.07. The van der Waals surface area contributed by atoms with Gasteiger partial charge in [-0.05, 0) is 19.4 Å². The molecule has 4 nitrogen and oxygen atoms in total. The van der Waals surface area contributed by atoms with E-state index in [2.05, 4.69) is 29.0 Å². The van der Waals surface area contributed by atoms with Gasteiger partial charge in [0.1, 0.15) is 5.54 Å². The lowest BCUT2D eigenvalue weighted by molar-refractivity contribution is -0.150. The number of nitrogens with zero attached hydrogens (tertiary/aromatic N) is 2. The molecule has 4 saturated heterocycles. The van der Waals surface area contributed by atoms with Gasteiger partial charge in [-0.1, -0.05) is 13.8 Å². The SMILES string of the molecule is CNC12CN3CCN(CC(CC(C)C)(C3)C1=O)C2. The number of Topliss-reactive ketones (excluding diaryl/α,β-unsaturated/α-hetero) is 1. The van der Waals surface area contributed by atoms with Crippen molar-refractivity contribution < 1.29 is 4.79 Å². The van der Waals surface area contributed by atoms with Crippen molar-refractivity contribution in [1.29, 1.82) is 0 Å². The first-order valence-electron chi connectivity index (χ1n) is 7.18. The largest absolute Gasteiger partial charge is 0.306 e. The minimum atomic E-state index is -0.304. The van der Waals surface area contributed by atoms with Crippen molar-refractivity contribution in [2.75, 3.05) is 46.3 Å². The monoisotopic (exact) mass is 251 g/mol. The van der Waals surface area contributed by atoms with Gasteiger partial charge in [0.15, 0.2) is 5.78 Å². The van der Waals surface area contributed by atoms with Gasteiger partial charge in [-0.25, -0.2) is 0 Å². The number of carbonyl (C=O) groups is 1. The van der Waals surface area contributed by atoms with Gasteiger partial charge in [0.2, 0.25) is 0 Å². The van der Waals surface area contributed by atoms with E-state index in [0.29, 0.717) is 11.7 Å². The van der Waals surface area contributed by atoms with E-state index < -0.39 is 0 Å². The number of fused-ring (bicyclic) bond motifs is 1. The Morgan fingerprint density at radius 1 is 1.17 bits per heavy atom. The highest BCUT2D eigenvalue weighted by atomic mass is 16.1. The Bertz CT molecular complexity index is 350. The van der Waals surface area contributed by atoms with E-state index in [1.165, 1.54) is 0 Å². The summed E-state index contributed by atoms with van der Waals surface area (Å²) >= 11 is 0. The average Bonchev–Trinajstić information content (AvgIpc) is 2.52. The van der Waals surface area contributed by atoms with Crippen LogP contribution < -0.4 is 5.32 Å². The van der Waals surface area contributed by atoms with Crippen LogP contribution in [0.15, 0.2) is 0 Å². The number of hydrogen-bond donors (Lipinski definition) is 1. The molecule has 0 amide bonds. The number of likely N-dealkylation sites (N-methyl/N-ethyl adjacent to an activating group) is 1. The van der Waals surface area contributed by atoms with E-state index in [1.807, 2.05) is 7.05 Å². The summed E-state index contributed by atoms with van der Waals surface area (Å²) in [5, 5.41) is 3.36. The molecule has 4 heteroatoms. The Labute approximate surface area is 110 Å². The van der Waals surface area contributed by atoms with Crippen LogP contribution in [0.5, 0.6) is 0 Å². The molecule has 4 fully saturated rings. The highest BCUT2D eigenvalue weighted by Crippen LogP contribution is 2.43. The van der Waals surface area contributed by atoms with Crippen LogP contribution in [0, 0.1) is 11.3 Å². The van der Waals surface area contributed by atoms with Crippen LogP contribution in [-0.4, -0.2) is 67.4 Å². The third-order valence-corrected chi connectivity index (χ3v) is 4.97. The Kier molecular flexibility index (Phi) is 2.81. The van der Waals surface area contributed by atoms with Crippen LogP contribution in [-0.2, 0) is 4.79 Å². The van der Waals surface area contributed by atoms with Crippen LogP contribution in [0.3, 0.4) is 0 Å². The van der Waals surface area contributed by atoms with Crippen molar-refractivity contribution in [3.8, 4) is 0 Å². The molecule has 0 aromatic heterocycles. The topological polar surface area (TPSA) is 35.6 Å². The molecular weight excluding hydrogens is 226 g/mol. The van der Waals surface area contributed by atoms with Crippen molar-refractivity contribution in [2.24, 2.45) is 11.3 Å². The predicted molar refractivity (Wildman–Crippen MR) is 71.6 cm³/mol. The fourth-order valence-corrected chi connectivity index (χ4v) is 4.50. The summed E-state index contributed by atoms with van der Waals surface area (Å²) in [7, 11) is 1.95. The molecule has 0 aromatic rings. The molecule has 102 valence electrons. The third-order valence-electron chi connectivity index (χ3n) is 4.97. The molecule has 4 heterocycles. The number of ketones is 1. The molecule has 0 aliphatic carbocycles. The zero-order valence-electron chi connectivity index (χ0n) is 11.8. The average molecular weight is 251 g/mol. The van der Waals surface area contributed by atoms with Gasteiger partial charge in [-0.3, -0.25) is 14.6 Å². The number of hydrogen-bond acceptors (Lipinski definition) is 4. The fourth-order valence-electron chi connectivity index (χ4n) is 4.50. The van der Waals surface area contributed by atoms with Crippen molar-refractivity contribution in [3.05, 3.63) is 0 Å². The summed E-state index contributed by atoms with van der Waals surface area (Å²) in [5.41, 5.74) is -0.425. The molecule has 0 saturated carbocycles. The lowest BCUT2D eigenvalue weighted by Gasteiger charge is -2.54. The highest BCUT2D eigenvalue weighted by molar-refractivity contribution is 5.96. The molecule has 0 spiro atoms. The minimum Gasteiger partial charge on any atom is -0.306 e. The normalized spacial score (nSPS) is 46.8. The molecule has 1 N–H and O–H groups in total. The van der Waals surface area contributed by atoms with E-state index in [0.717, 1.165) is 45.7 Å². The summed E-state index contributed by atoms with van der Waals surface area (Å²) < 4.78 is 0. The van der Waals surface area contributed by atoms with Gasteiger partial charge >= 0.3 is 0 Å². The van der Waals surface area contributed by atoms with E-state index >= 15 is 0 Å². The van der Waals surface area contributed by atoms with Crippen LogP contribution in [0.25, 0.3) is 0 Å². The Hall–Kier alpha value is -0.450. The van der Waals surface area contributed by atoms with Gasteiger partial charge in [0.05, 0.1) is 5.41 Å². The van der Waals surface area contributed by atoms with Crippen molar-refractivity contribution in [3.63, 3.8) is 0 Å². The number of rotatable bonds is 3. The van der Waals surface area contributed by atoms with Gasteiger partial charge in [0.25, 0.3) is 0 Å². The van der Waals surface area contributed by atoms with Crippen molar-refractivity contribution >= 4 is 5.78 Å². The number of nitrogens with one attached hydrogen (secondary N) is 1. The molecule has 4 aliphatic heterocycles. The zero-order valence-corrected chi connectivity index (χ0v) is 11.8. The highest BCUT2D eigenvalue weighted by Gasteiger charge is 2.60. The fraction of sp³-hybridized carbons (Fsp3) is 0.929. The first kappa shape index (κ1) is 12.6. The summed E-state index contributed by atoms with van der Waals surface area (Å²) in [6.45, 7) is 10.5. The molecule has 0 aromatic carbocycles. The molecular formula is C14H25N3O. The first-order chi connectivity index (χ1) is 8.50. The van der Waals surface area contributed by atoms with E-state index in [1.54, 1.807) is 0 Å². The summed E-state index contributed by atoms with van der Waals surface area (Å²) in [6.07, 6.45) is 1.03. The maximum atomic E-state index is 13.0. The summed E-state index contributed by atoms with van der Waals surface area (Å²) in [4.78, 5) is 18.0. The molecule has 18 heavy (non-hydrogen) atoms. The third kappa shape index (κ3) is 1.66. The second-order valence-corrected chi connectivity index (χ2v) is 6.96. The van der Waals surface area contributed by atoms with E-state index in [-0.39, 0.29) is 11.0 Å².